The lowest BCUT2D eigenvalue weighted by molar-refractivity contribution is -0.600. The number of hydrogen-bond acceptors (Lipinski definition) is 10. The lowest BCUT2D eigenvalue weighted by Crippen LogP contribution is -2.84. The Labute approximate surface area is 93.8 Å². The maximum absolute atomic E-state index is 9.97. The summed E-state index contributed by atoms with van der Waals surface area (Å²) in [7, 11) is 0. The maximum atomic E-state index is 9.97. The Morgan fingerprint density at radius 3 is 2.00 bits per heavy atom. The second-order valence-electron chi connectivity index (χ2n) is 3.36. The van der Waals surface area contributed by atoms with Crippen LogP contribution in [-0.2, 0) is 4.74 Å². The van der Waals surface area contributed by atoms with Crippen molar-refractivity contribution in [3.63, 3.8) is 0 Å². The molecule has 0 aromatic carbocycles. The molecule has 10 nitrogen and oxygen atoms in total. The first-order chi connectivity index (χ1) is 9.16. The van der Waals surface area contributed by atoms with Gasteiger partial charge in [-0.2, -0.15) is 0 Å². The van der Waals surface area contributed by atoms with E-state index in [1.165, 1.54) is 0 Å². The van der Waals surface area contributed by atoms with Crippen molar-refractivity contribution < 1.29 is 50.7 Å². The van der Waals surface area contributed by atoms with Crippen molar-refractivity contribution >= 4 is 0 Å². The lowest BCUT2D eigenvalue weighted by Gasteiger charge is -2.53. The SMILES string of the molecule is [2H]OC1(O)O[C@H](CO)[C@](O)(O[2H])[C@@](O)(O[2H])[C@]1(O)O[2H]. The van der Waals surface area contributed by atoms with Crippen LogP contribution in [-0.4, -0.2) is 87.7 Å². The van der Waals surface area contributed by atoms with E-state index >= 15 is 0 Å². The number of ether oxygens (including phenoxy) is 1. The highest BCUT2D eigenvalue weighted by atomic mass is 16.8. The van der Waals surface area contributed by atoms with Crippen molar-refractivity contribution in [2.75, 3.05) is 6.61 Å². The molecule has 0 aromatic rings. The third-order valence-corrected chi connectivity index (χ3v) is 2.28. The highest BCUT2D eigenvalue weighted by Gasteiger charge is 2.78. The van der Waals surface area contributed by atoms with E-state index in [4.69, 9.17) is 10.8 Å². The molecule has 0 spiro atoms. The van der Waals surface area contributed by atoms with E-state index in [1.807, 2.05) is 0 Å². The van der Waals surface area contributed by atoms with Crippen LogP contribution < -0.4 is 0 Å². The van der Waals surface area contributed by atoms with Crippen LogP contribution >= 0.6 is 0 Å². The summed E-state index contributed by atoms with van der Waals surface area (Å²) in [5.74, 6) is -15.0. The first kappa shape index (κ1) is 8.66. The topological polar surface area (TPSA) is 191 Å². The summed E-state index contributed by atoms with van der Waals surface area (Å²) in [5.41, 5.74) is 0. The molecule has 1 aliphatic heterocycles. The normalized spacial score (nSPS) is 61.9. The van der Waals surface area contributed by atoms with Crippen LogP contribution in [0.5, 0.6) is 0 Å². The summed E-state index contributed by atoms with van der Waals surface area (Å²) in [5, 5.41) is 62.9. The molecule has 0 bridgehead atoms. The zero-order chi connectivity index (χ0) is 15.8. The zero-order valence-electron chi connectivity index (χ0n) is 11.6. The molecule has 0 radical (unpaired) electrons. The van der Waals surface area contributed by atoms with E-state index in [2.05, 4.69) is 25.2 Å². The molecule has 1 fully saturated rings. The summed E-state index contributed by atoms with van der Waals surface area (Å²) in [6.45, 7) is -1.25. The van der Waals surface area contributed by atoms with Gasteiger partial charge in [0.25, 0.3) is 11.6 Å². The van der Waals surface area contributed by atoms with E-state index in [1.54, 1.807) is 0 Å². The van der Waals surface area contributed by atoms with E-state index < -0.39 is 36.0 Å². The molecular weight excluding hydrogens is 232 g/mol. The van der Waals surface area contributed by atoms with Gasteiger partial charge in [0.05, 0.1) is 6.61 Å². The fourth-order valence-corrected chi connectivity index (χ4v) is 1.19. The number of aliphatic hydroxyl groups is 9. The highest BCUT2D eigenvalue weighted by Crippen LogP contribution is 2.43. The van der Waals surface area contributed by atoms with Gasteiger partial charge < -0.3 is 50.7 Å². The van der Waals surface area contributed by atoms with Gasteiger partial charge in [-0.25, -0.2) is 0 Å². The fourth-order valence-electron chi connectivity index (χ4n) is 1.19. The monoisotopic (exact) mass is 248 g/mol. The Morgan fingerprint density at radius 1 is 1.00 bits per heavy atom. The van der Waals surface area contributed by atoms with Crippen molar-refractivity contribution in [1.82, 2.24) is 0 Å². The van der Waals surface area contributed by atoms with E-state index in [9.17, 15) is 20.4 Å². The van der Waals surface area contributed by atoms with Crippen LogP contribution in [0.2, 0.25) is 0 Å². The smallest absolute Gasteiger partial charge is 0.341 e. The fraction of sp³-hybridized carbons (Fsp3) is 1.00. The Balaban J connectivity index is 3.55. The largest absolute Gasteiger partial charge is 0.393 e. The molecule has 0 aliphatic carbocycles. The van der Waals surface area contributed by atoms with Gasteiger partial charge in [-0.3, -0.25) is 0 Å². The Bertz CT molecular complexity index is 363. The van der Waals surface area contributed by atoms with Crippen molar-refractivity contribution in [2.45, 2.75) is 29.4 Å². The van der Waals surface area contributed by atoms with E-state index in [0.717, 1.165) is 0 Å². The molecule has 1 heterocycles. The molecule has 96 valence electrons. The first-order valence-electron chi connectivity index (χ1n) is 5.55. The van der Waals surface area contributed by atoms with Crippen molar-refractivity contribution in [1.29, 1.82) is 5.72 Å². The molecule has 1 aliphatic rings. The zero-order valence-corrected chi connectivity index (χ0v) is 7.56. The predicted molar refractivity (Wildman–Crippen MR) is 40.6 cm³/mol. The molecule has 1 saturated heterocycles. The first-order valence-corrected chi connectivity index (χ1v) is 3.91. The minimum absolute atomic E-state index is 1.25. The van der Waals surface area contributed by atoms with Crippen molar-refractivity contribution in [3.05, 3.63) is 0 Å². The van der Waals surface area contributed by atoms with E-state index in [0.29, 0.717) is 0 Å². The molecule has 0 amide bonds. The summed E-state index contributed by atoms with van der Waals surface area (Å²) >= 11 is 0. The van der Waals surface area contributed by atoms with Crippen LogP contribution in [0.1, 0.15) is 0 Å². The van der Waals surface area contributed by atoms with Crippen LogP contribution in [0.4, 0.5) is 0 Å². The molecule has 9 N–H and O–H groups in total. The van der Waals surface area contributed by atoms with Gasteiger partial charge in [-0.15, -0.1) is 0 Å². The standard InChI is InChI=1S/C6H12O10/c7-1-2-3(8,9)4(10,11)5(12,13)6(14,15)16-2/h2,7-15H,1H2/t2-/m1/s1/i8D,10D,12D,14D/t2-,3-,4+,5-,6?. The molecule has 0 saturated carbocycles. The number of aliphatic hydroxyl groups excluding tert-OH is 1. The maximum Gasteiger partial charge on any atom is 0.341 e. The average molecular weight is 248 g/mol. The van der Waals surface area contributed by atoms with Crippen LogP contribution in [0.15, 0.2) is 0 Å². The lowest BCUT2D eigenvalue weighted by atomic mass is 9.87. The summed E-state index contributed by atoms with van der Waals surface area (Å²) < 4.78 is 30.9. The van der Waals surface area contributed by atoms with Gasteiger partial charge in [-0.1, -0.05) is 0 Å². The van der Waals surface area contributed by atoms with Crippen LogP contribution in [0, 0.1) is 0 Å². The second-order valence-corrected chi connectivity index (χ2v) is 3.36. The third kappa shape index (κ3) is 1.38. The molecule has 16 heavy (non-hydrogen) atoms. The minimum Gasteiger partial charge on any atom is -0.393 e. The van der Waals surface area contributed by atoms with Gasteiger partial charge in [0, 0.05) is 0 Å². The number of rotatable bonds is 5. The third-order valence-electron chi connectivity index (χ3n) is 2.28. The Hall–Kier alpha value is -0.400. The Kier molecular flexibility index (Phi) is 1.79. The van der Waals surface area contributed by atoms with Crippen molar-refractivity contribution in [2.24, 2.45) is 0 Å². The van der Waals surface area contributed by atoms with Gasteiger partial charge in [-0.05, 0) is 0 Å². The molecular formula is C6H12O10. The van der Waals surface area contributed by atoms with Gasteiger partial charge >= 0.3 is 11.8 Å². The Morgan fingerprint density at radius 2 is 1.62 bits per heavy atom. The number of hydrogen-bond donors (Lipinski definition) is 9. The predicted octanol–water partition coefficient (Wildman–Crippen LogP) is -5.94. The van der Waals surface area contributed by atoms with Gasteiger partial charge in [0.15, 0.2) is 0 Å². The summed E-state index contributed by atoms with van der Waals surface area (Å²) in [4.78, 5) is 0. The van der Waals surface area contributed by atoms with Crippen LogP contribution in [0.25, 0.3) is 0 Å². The summed E-state index contributed by atoms with van der Waals surface area (Å²) in [6, 6.07) is 0. The second kappa shape index (κ2) is 3.30. The van der Waals surface area contributed by atoms with Gasteiger partial charge in [0.2, 0.25) is 5.72 Å². The highest BCUT2D eigenvalue weighted by molar-refractivity contribution is 5.05. The summed E-state index contributed by atoms with van der Waals surface area (Å²) in [6.07, 6.45) is -2.24. The molecule has 0 aromatic heterocycles. The average Bonchev–Trinajstić information content (AvgIpc) is 2.48. The van der Waals surface area contributed by atoms with E-state index in [-0.39, 0.29) is 0 Å². The molecule has 1 unspecified atom stereocenters. The molecule has 1 rings (SSSR count). The van der Waals surface area contributed by atoms with Crippen molar-refractivity contribution in [3.8, 4) is 0 Å². The molecule has 5 atom stereocenters. The van der Waals surface area contributed by atoms with Crippen LogP contribution in [0.3, 0.4) is 0 Å². The van der Waals surface area contributed by atoms with Gasteiger partial charge in [0.1, 0.15) is 6.10 Å². The quantitative estimate of drug-likeness (QED) is 0.211. The molecule has 10 heteroatoms. The minimum atomic E-state index is -3.93.